The number of nitrogen functional groups attached to an aromatic ring is 1. The van der Waals surface area contributed by atoms with E-state index in [9.17, 15) is 10.1 Å². The fourth-order valence-electron chi connectivity index (χ4n) is 1.96. The van der Waals surface area contributed by atoms with Crippen LogP contribution in [0.3, 0.4) is 0 Å². The Balaban J connectivity index is 2.01. The molecule has 0 saturated carbocycles. The molecule has 1 aromatic heterocycles. The zero-order chi connectivity index (χ0) is 14.8. The van der Waals surface area contributed by atoms with Crippen LogP contribution in [0.4, 0.5) is 11.4 Å². The van der Waals surface area contributed by atoms with Gasteiger partial charge in [0.2, 0.25) is 0 Å². The molecule has 0 radical (unpaired) electrons. The number of nitrogens with one attached hydrogen (secondary N) is 1. The number of hydrogen-bond acceptors (Lipinski definition) is 5. The minimum atomic E-state index is -0.524. The van der Waals surface area contributed by atoms with E-state index >= 15 is 0 Å². The minimum Gasteiger partial charge on any atom is -0.393 e. The van der Waals surface area contributed by atoms with Crippen LogP contribution in [0.1, 0.15) is 0 Å². The van der Waals surface area contributed by atoms with Crippen LogP contribution in [0.5, 0.6) is 0 Å². The van der Waals surface area contributed by atoms with Gasteiger partial charge in [0, 0.05) is 17.2 Å². The van der Waals surface area contributed by atoms with Gasteiger partial charge in [-0.1, -0.05) is 30.3 Å². The van der Waals surface area contributed by atoms with Gasteiger partial charge in [-0.25, -0.2) is 4.98 Å². The van der Waals surface area contributed by atoms with E-state index in [1.165, 1.54) is 12.1 Å². The molecular formula is C14H11N5O2. The molecule has 104 valence electrons. The molecule has 21 heavy (non-hydrogen) atoms. The summed E-state index contributed by atoms with van der Waals surface area (Å²) < 4.78 is 0. The van der Waals surface area contributed by atoms with Crippen LogP contribution >= 0.6 is 0 Å². The lowest BCUT2D eigenvalue weighted by molar-refractivity contribution is -0.383. The van der Waals surface area contributed by atoms with Gasteiger partial charge in [0.25, 0.3) is 5.69 Å². The van der Waals surface area contributed by atoms with E-state index in [4.69, 9.17) is 5.73 Å². The third-order valence-corrected chi connectivity index (χ3v) is 3.02. The lowest BCUT2D eigenvalue weighted by Crippen LogP contribution is -1.96. The lowest BCUT2D eigenvalue weighted by Gasteiger charge is -1.99. The second-order valence-corrected chi connectivity index (χ2v) is 4.40. The first-order chi connectivity index (χ1) is 10.1. The average molecular weight is 281 g/mol. The van der Waals surface area contributed by atoms with Crippen molar-refractivity contribution in [3.63, 3.8) is 0 Å². The summed E-state index contributed by atoms with van der Waals surface area (Å²) in [6.45, 7) is 0. The van der Waals surface area contributed by atoms with E-state index in [-0.39, 0.29) is 11.4 Å². The van der Waals surface area contributed by atoms with E-state index in [0.717, 1.165) is 5.56 Å². The lowest BCUT2D eigenvalue weighted by atomic mass is 10.1. The molecule has 0 atom stereocenters. The molecule has 0 aliphatic heterocycles. The van der Waals surface area contributed by atoms with Gasteiger partial charge in [-0.15, -0.1) is 0 Å². The first kappa shape index (κ1) is 12.8. The van der Waals surface area contributed by atoms with Crippen molar-refractivity contribution < 1.29 is 4.92 Å². The number of aromatic nitrogens is 3. The normalized spacial score (nSPS) is 10.5. The van der Waals surface area contributed by atoms with Gasteiger partial charge in [-0.2, -0.15) is 5.10 Å². The summed E-state index contributed by atoms with van der Waals surface area (Å²) in [6, 6.07) is 14.0. The van der Waals surface area contributed by atoms with Gasteiger partial charge in [0.15, 0.2) is 11.6 Å². The van der Waals surface area contributed by atoms with Gasteiger partial charge in [-0.3, -0.25) is 15.2 Å². The summed E-state index contributed by atoms with van der Waals surface area (Å²) in [4.78, 5) is 14.7. The Bertz CT molecular complexity index is 798. The van der Waals surface area contributed by atoms with Crippen LogP contribution in [0.15, 0.2) is 48.5 Å². The van der Waals surface area contributed by atoms with Crippen molar-refractivity contribution in [2.75, 3.05) is 5.73 Å². The summed E-state index contributed by atoms with van der Waals surface area (Å²) >= 11 is 0. The zero-order valence-electron chi connectivity index (χ0n) is 10.9. The smallest absolute Gasteiger partial charge is 0.292 e. The van der Waals surface area contributed by atoms with Crippen LogP contribution in [0.2, 0.25) is 0 Å². The second kappa shape index (κ2) is 5.04. The number of hydrogen-bond donors (Lipinski definition) is 2. The van der Waals surface area contributed by atoms with Crippen LogP contribution in [0.25, 0.3) is 22.8 Å². The SMILES string of the molecule is Nc1ccc(-c2n[nH]c(-c3ccccc3)n2)cc1[N+](=O)[O-]. The Morgan fingerprint density at radius 3 is 2.57 bits per heavy atom. The number of nitro benzene ring substituents is 1. The fraction of sp³-hybridized carbons (Fsp3) is 0. The predicted octanol–water partition coefficient (Wildman–Crippen LogP) is 2.63. The zero-order valence-corrected chi connectivity index (χ0v) is 10.9. The Hall–Kier alpha value is -3.22. The molecular weight excluding hydrogens is 270 g/mol. The second-order valence-electron chi connectivity index (χ2n) is 4.40. The number of nitro groups is 1. The number of H-pyrrole nitrogens is 1. The van der Waals surface area contributed by atoms with Crippen molar-refractivity contribution in [3.8, 4) is 22.8 Å². The molecule has 0 aliphatic carbocycles. The highest BCUT2D eigenvalue weighted by Crippen LogP contribution is 2.27. The van der Waals surface area contributed by atoms with Gasteiger partial charge in [0.1, 0.15) is 5.69 Å². The van der Waals surface area contributed by atoms with Crippen molar-refractivity contribution in [2.45, 2.75) is 0 Å². The van der Waals surface area contributed by atoms with E-state index < -0.39 is 4.92 Å². The van der Waals surface area contributed by atoms with E-state index in [0.29, 0.717) is 17.2 Å². The fourth-order valence-corrected chi connectivity index (χ4v) is 1.96. The monoisotopic (exact) mass is 281 g/mol. The number of anilines is 1. The molecule has 0 spiro atoms. The molecule has 1 heterocycles. The quantitative estimate of drug-likeness (QED) is 0.435. The molecule has 3 aromatic rings. The number of aromatic amines is 1. The van der Waals surface area contributed by atoms with Gasteiger partial charge in [0.05, 0.1) is 4.92 Å². The van der Waals surface area contributed by atoms with Crippen LogP contribution in [0, 0.1) is 10.1 Å². The van der Waals surface area contributed by atoms with Crippen molar-refractivity contribution >= 4 is 11.4 Å². The maximum absolute atomic E-state index is 10.9. The summed E-state index contributed by atoms with van der Waals surface area (Å²) in [6.07, 6.45) is 0. The van der Waals surface area contributed by atoms with Gasteiger partial charge >= 0.3 is 0 Å². The summed E-state index contributed by atoms with van der Waals surface area (Å²) in [7, 11) is 0. The third-order valence-electron chi connectivity index (χ3n) is 3.02. The first-order valence-corrected chi connectivity index (χ1v) is 6.17. The van der Waals surface area contributed by atoms with Crippen molar-refractivity contribution in [1.82, 2.24) is 15.2 Å². The van der Waals surface area contributed by atoms with E-state index in [1.807, 2.05) is 30.3 Å². The Morgan fingerprint density at radius 2 is 1.86 bits per heavy atom. The highest BCUT2D eigenvalue weighted by atomic mass is 16.6. The molecule has 0 aliphatic rings. The van der Waals surface area contributed by atoms with E-state index in [1.54, 1.807) is 6.07 Å². The summed E-state index contributed by atoms with van der Waals surface area (Å²) in [5.74, 6) is 0.988. The van der Waals surface area contributed by atoms with Crippen molar-refractivity contribution in [2.24, 2.45) is 0 Å². The number of nitrogens with zero attached hydrogens (tertiary/aromatic N) is 3. The summed E-state index contributed by atoms with van der Waals surface area (Å²) in [5, 5.41) is 17.8. The Morgan fingerprint density at radius 1 is 1.10 bits per heavy atom. The Kier molecular flexibility index (Phi) is 3.07. The van der Waals surface area contributed by atoms with Crippen LogP contribution in [-0.4, -0.2) is 20.1 Å². The number of nitrogens with two attached hydrogens (primary N) is 1. The summed E-state index contributed by atoms with van der Waals surface area (Å²) in [5.41, 5.74) is 6.96. The van der Waals surface area contributed by atoms with Crippen LogP contribution < -0.4 is 5.73 Å². The largest absolute Gasteiger partial charge is 0.393 e. The molecule has 0 fully saturated rings. The standard InChI is InChI=1S/C14H11N5O2/c15-11-7-6-10(8-12(11)19(20)21)14-16-13(17-18-14)9-4-2-1-3-5-9/h1-8H,15H2,(H,16,17,18). The minimum absolute atomic E-state index is 0.113. The molecule has 2 aromatic carbocycles. The molecule has 7 heteroatoms. The maximum Gasteiger partial charge on any atom is 0.292 e. The third kappa shape index (κ3) is 2.44. The molecule has 0 saturated heterocycles. The maximum atomic E-state index is 10.9. The van der Waals surface area contributed by atoms with Crippen molar-refractivity contribution in [3.05, 3.63) is 58.6 Å². The van der Waals surface area contributed by atoms with Crippen LogP contribution in [-0.2, 0) is 0 Å². The average Bonchev–Trinajstić information content (AvgIpc) is 2.98. The predicted molar refractivity (Wildman–Crippen MR) is 78.3 cm³/mol. The van der Waals surface area contributed by atoms with Gasteiger partial charge < -0.3 is 5.73 Å². The molecule has 0 amide bonds. The topological polar surface area (TPSA) is 111 Å². The molecule has 3 N–H and O–H groups in total. The first-order valence-electron chi connectivity index (χ1n) is 6.17. The molecule has 3 rings (SSSR count). The molecule has 0 bridgehead atoms. The van der Waals surface area contributed by atoms with E-state index in [2.05, 4.69) is 15.2 Å². The molecule has 0 unspecified atom stereocenters. The Labute approximate surface area is 119 Å². The highest BCUT2D eigenvalue weighted by Gasteiger charge is 2.15. The van der Waals surface area contributed by atoms with Crippen molar-refractivity contribution in [1.29, 1.82) is 0 Å². The highest BCUT2D eigenvalue weighted by molar-refractivity contribution is 5.69. The number of benzene rings is 2. The molecule has 7 nitrogen and oxygen atoms in total. The van der Waals surface area contributed by atoms with Gasteiger partial charge in [-0.05, 0) is 12.1 Å². The number of rotatable bonds is 3.